The molecule has 1 N–H and O–H groups in total. The van der Waals surface area contributed by atoms with Crippen LogP contribution < -0.4 is 5.32 Å². The molecular weight excluding hydrogens is 302 g/mol. The molecule has 0 aromatic carbocycles. The van der Waals surface area contributed by atoms with E-state index in [9.17, 15) is 4.79 Å². The van der Waals surface area contributed by atoms with Crippen molar-refractivity contribution in [2.45, 2.75) is 25.9 Å². The molecule has 116 valence electrons. The number of hydrogen-bond donors (Lipinski definition) is 1. The Hall–Kier alpha value is -2.08. The summed E-state index contributed by atoms with van der Waals surface area (Å²) in [5.41, 5.74) is 1.31. The second kappa shape index (κ2) is 6.36. The number of carbonyl (C=O) groups is 1. The van der Waals surface area contributed by atoms with Gasteiger partial charge in [0.2, 0.25) is 0 Å². The highest BCUT2D eigenvalue weighted by Crippen LogP contribution is 2.20. The van der Waals surface area contributed by atoms with E-state index < -0.39 is 0 Å². The molecule has 3 heterocycles. The second-order valence-electron chi connectivity index (χ2n) is 5.30. The maximum Gasteiger partial charge on any atom is 0.275 e. The quantitative estimate of drug-likeness (QED) is 0.939. The second-order valence-corrected chi connectivity index (χ2v) is 5.71. The number of likely N-dealkylation sites (tertiary alicyclic amines) is 1. The molecule has 0 aliphatic carbocycles. The molecule has 3 rings (SSSR count). The summed E-state index contributed by atoms with van der Waals surface area (Å²) in [5.74, 6) is -0.104. The van der Waals surface area contributed by atoms with Crippen molar-refractivity contribution in [2.24, 2.45) is 0 Å². The van der Waals surface area contributed by atoms with Crippen LogP contribution in [0.3, 0.4) is 0 Å². The topological polar surface area (TPSA) is 63.1 Å². The van der Waals surface area contributed by atoms with E-state index >= 15 is 0 Å². The zero-order valence-corrected chi connectivity index (χ0v) is 13.1. The number of nitrogens with zero attached hydrogens (tertiary/aromatic N) is 4. The minimum Gasteiger partial charge on any atom is -0.379 e. The molecule has 22 heavy (non-hydrogen) atoms. The summed E-state index contributed by atoms with van der Waals surface area (Å²) in [6, 6.07) is 4.08. The average Bonchev–Trinajstić information content (AvgIpc) is 3.14. The maximum absolute atomic E-state index is 12.5. The molecule has 2 aromatic rings. The van der Waals surface area contributed by atoms with Crippen molar-refractivity contribution in [3.05, 3.63) is 41.4 Å². The van der Waals surface area contributed by atoms with E-state index in [-0.39, 0.29) is 11.9 Å². The van der Waals surface area contributed by atoms with Gasteiger partial charge in [-0.15, -0.1) is 0 Å². The van der Waals surface area contributed by atoms with Gasteiger partial charge in [-0.25, -0.2) is 0 Å². The number of carbonyl (C=O) groups excluding carboxylic acids is 1. The lowest BCUT2D eigenvalue weighted by molar-refractivity contribution is 0.0785. The zero-order valence-electron chi connectivity index (χ0n) is 12.4. The number of amides is 1. The van der Waals surface area contributed by atoms with Gasteiger partial charge in [-0.05, 0) is 25.5 Å². The number of anilines is 1. The molecule has 1 aliphatic rings. The van der Waals surface area contributed by atoms with Crippen LogP contribution >= 0.6 is 11.6 Å². The van der Waals surface area contributed by atoms with Gasteiger partial charge in [0.15, 0.2) is 5.69 Å². The molecule has 2 aromatic heterocycles. The molecule has 0 unspecified atom stereocenters. The first-order valence-corrected chi connectivity index (χ1v) is 7.74. The minimum atomic E-state index is -0.104. The van der Waals surface area contributed by atoms with Crippen molar-refractivity contribution in [3.8, 4) is 0 Å². The highest BCUT2D eigenvalue weighted by molar-refractivity contribution is 6.33. The van der Waals surface area contributed by atoms with Crippen LogP contribution in [0.15, 0.2) is 30.7 Å². The van der Waals surface area contributed by atoms with Crippen molar-refractivity contribution in [1.82, 2.24) is 19.7 Å². The van der Waals surface area contributed by atoms with Gasteiger partial charge in [-0.3, -0.25) is 14.5 Å². The van der Waals surface area contributed by atoms with Gasteiger partial charge in [0, 0.05) is 44.3 Å². The molecule has 1 saturated heterocycles. The van der Waals surface area contributed by atoms with Crippen LogP contribution in [0.4, 0.5) is 5.69 Å². The third kappa shape index (κ3) is 3.06. The Morgan fingerprint density at radius 3 is 3.09 bits per heavy atom. The molecule has 1 amide bonds. The Balaban J connectivity index is 1.64. The summed E-state index contributed by atoms with van der Waals surface area (Å²) in [5, 5.41) is 8.05. The minimum absolute atomic E-state index is 0.104. The molecule has 0 radical (unpaired) electrons. The molecule has 1 atom stereocenters. The van der Waals surface area contributed by atoms with E-state index in [2.05, 4.69) is 15.4 Å². The molecule has 0 bridgehead atoms. The van der Waals surface area contributed by atoms with Crippen LogP contribution in [0.2, 0.25) is 5.02 Å². The highest BCUT2D eigenvalue weighted by Gasteiger charge is 2.29. The third-order valence-corrected chi connectivity index (χ3v) is 4.03. The fourth-order valence-electron chi connectivity index (χ4n) is 2.60. The number of aromatic nitrogens is 3. The molecular formula is C15H18ClN5O. The summed E-state index contributed by atoms with van der Waals surface area (Å²) >= 11 is 6.11. The standard InChI is InChI=1S/C15H18ClN5O/c1-2-21-10-13(16)14(19-21)15(22)20-7-5-12(9-20)18-11-4-3-6-17-8-11/h3-4,6,8,10,12,18H,2,5,7,9H2,1H3/t12-/m1/s1. The lowest BCUT2D eigenvalue weighted by Crippen LogP contribution is -2.32. The molecule has 0 spiro atoms. The van der Waals surface area contributed by atoms with Crippen molar-refractivity contribution in [2.75, 3.05) is 18.4 Å². The Morgan fingerprint density at radius 2 is 2.41 bits per heavy atom. The summed E-state index contributed by atoms with van der Waals surface area (Å²) in [4.78, 5) is 18.4. The van der Waals surface area contributed by atoms with E-state index in [0.29, 0.717) is 30.4 Å². The summed E-state index contributed by atoms with van der Waals surface area (Å²) in [6.07, 6.45) is 6.11. The number of hydrogen-bond acceptors (Lipinski definition) is 4. The van der Waals surface area contributed by atoms with Gasteiger partial charge in [-0.2, -0.15) is 5.10 Å². The van der Waals surface area contributed by atoms with Crippen LogP contribution in [0, 0.1) is 0 Å². The van der Waals surface area contributed by atoms with Crippen LogP contribution in [0.1, 0.15) is 23.8 Å². The Morgan fingerprint density at radius 1 is 1.55 bits per heavy atom. The van der Waals surface area contributed by atoms with Crippen molar-refractivity contribution >= 4 is 23.2 Å². The van der Waals surface area contributed by atoms with Crippen LogP contribution in [-0.4, -0.2) is 44.7 Å². The SMILES string of the molecule is CCn1cc(Cl)c(C(=O)N2CC[C@@H](Nc3cccnc3)C2)n1. The first-order valence-electron chi connectivity index (χ1n) is 7.36. The Labute approximate surface area is 134 Å². The Bertz CT molecular complexity index is 657. The fourth-order valence-corrected chi connectivity index (χ4v) is 2.83. The number of pyridine rings is 1. The van der Waals surface area contributed by atoms with Crippen LogP contribution in [-0.2, 0) is 6.54 Å². The number of rotatable bonds is 4. The molecule has 0 saturated carbocycles. The largest absolute Gasteiger partial charge is 0.379 e. The van der Waals surface area contributed by atoms with Gasteiger partial charge in [0.05, 0.1) is 10.7 Å². The first-order chi connectivity index (χ1) is 10.7. The monoisotopic (exact) mass is 319 g/mol. The predicted molar refractivity (Wildman–Crippen MR) is 85.1 cm³/mol. The summed E-state index contributed by atoms with van der Waals surface area (Å²) in [6.45, 7) is 3.99. The van der Waals surface area contributed by atoms with Crippen LogP contribution in [0.5, 0.6) is 0 Å². The normalized spacial score (nSPS) is 17.7. The van der Waals surface area contributed by atoms with Gasteiger partial charge in [0.1, 0.15) is 0 Å². The van der Waals surface area contributed by atoms with Crippen LogP contribution in [0.25, 0.3) is 0 Å². The van der Waals surface area contributed by atoms with Gasteiger partial charge < -0.3 is 10.2 Å². The predicted octanol–water partition coefficient (Wildman–Crippen LogP) is 2.28. The fraction of sp³-hybridized carbons (Fsp3) is 0.400. The summed E-state index contributed by atoms with van der Waals surface area (Å²) < 4.78 is 1.68. The van der Waals surface area contributed by atoms with Gasteiger partial charge in [0.25, 0.3) is 5.91 Å². The molecule has 1 fully saturated rings. The zero-order chi connectivity index (χ0) is 15.5. The van der Waals surface area contributed by atoms with Crippen molar-refractivity contribution < 1.29 is 4.79 Å². The van der Waals surface area contributed by atoms with E-state index in [1.165, 1.54) is 0 Å². The summed E-state index contributed by atoms with van der Waals surface area (Å²) in [7, 11) is 0. The Kier molecular flexibility index (Phi) is 4.29. The highest BCUT2D eigenvalue weighted by atomic mass is 35.5. The van der Waals surface area contributed by atoms with Gasteiger partial charge >= 0.3 is 0 Å². The number of nitrogens with one attached hydrogen (secondary N) is 1. The molecule has 7 heteroatoms. The third-order valence-electron chi connectivity index (χ3n) is 3.75. The molecule has 6 nitrogen and oxygen atoms in total. The number of halogens is 1. The number of aryl methyl sites for hydroxylation is 1. The van der Waals surface area contributed by atoms with E-state index in [1.807, 2.05) is 19.1 Å². The van der Waals surface area contributed by atoms with E-state index in [4.69, 9.17) is 11.6 Å². The first kappa shape index (κ1) is 14.8. The maximum atomic E-state index is 12.5. The average molecular weight is 320 g/mol. The van der Waals surface area contributed by atoms with Crippen molar-refractivity contribution in [1.29, 1.82) is 0 Å². The van der Waals surface area contributed by atoms with Crippen molar-refractivity contribution in [3.63, 3.8) is 0 Å². The lowest BCUT2D eigenvalue weighted by Gasteiger charge is -2.16. The van der Waals surface area contributed by atoms with E-state index in [1.54, 1.807) is 28.2 Å². The van der Waals surface area contributed by atoms with Gasteiger partial charge in [-0.1, -0.05) is 11.6 Å². The smallest absolute Gasteiger partial charge is 0.275 e. The van der Waals surface area contributed by atoms with E-state index in [0.717, 1.165) is 12.1 Å². The lowest BCUT2D eigenvalue weighted by atomic mass is 10.2. The molecule has 1 aliphatic heterocycles.